The van der Waals surface area contributed by atoms with Crippen molar-refractivity contribution in [3.8, 4) is 0 Å². The molecule has 0 radical (unpaired) electrons. The largest absolute Gasteiger partial charge is 0.312 e. The number of benzene rings is 1. The number of nitrogens with one attached hydrogen (secondary N) is 2. The highest BCUT2D eigenvalue weighted by Crippen LogP contribution is 2.26. The number of hydrogen-bond donors (Lipinski definition) is 2. The summed E-state index contributed by atoms with van der Waals surface area (Å²) in [5.74, 6) is 0.527. The molecule has 0 saturated carbocycles. The molecule has 0 saturated heterocycles. The zero-order valence-corrected chi connectivity index (χ0v) is 12.8. The molecule has 2 aromatic rings. The maximum Gasteiger partial charge on any atom is 0.112 e. The maximum absolute atomic E-state index is 4.44. The van der Waals surface area contributed by atoms with Crippen LogP contribution in [0.2, 0.25) is 0 Å². The Labute approximate surface area is 124 Å². The SMILES string of the molecule is CC(C)(NCC1CNCc2ccccc21)c1nccs1. The van der Waals surface area contributed by atoms with Crippen molar-refractivity contribution >= 4 is 11.3 Å². The molecule has 3 nitrogen and oxygen atoms in total. The first kappa shape index (κ1) is 13.7. The Morgan fingerprint density at radius 2 is 2.25 bits per heavy atom. The van der Waals surface area contributed by atoms with Crippen LogP contribution >= 0.6 is 11.3 Å². The van der Waals surface area contributed by atoms with E-state index in [2.05, 4.69) is 53.7 Å². The summed E-state index contributed by atoms with van der Waals surface area (Å²) in [7, 11) is 0. The van der Waals surface area contributed by atoms with Crippen LogP contribution in [0, 0.1) is 0 Å². The highest BCUT2D eigenvalue weighted by molar-refractivity contribution is 7.09. The van der Waals surface area contributed by atoms with E-state index in [4.69, 9.17) is 0 Å². The van der Waals surface area contributed by atoms with E-state index in [9.17, 15) is 0 Å². The second kappa shape index (κ2) is 5.64. The first-order valence-electron chi connectivity index (χ1n) is 7.10. The van der Waals surface area contributed by atoms with Crippen LogP contribution in [0.3, 0.4) is 0 Å². The van der Waals surface area contributed by atoms with Crippen molar-refractivity contribution in [3.05, 3.63) is 52.0 Å². The van der Waals surface area contributed by atoms with E-state index in [-0.39, 0.29) is 5.54 Å². The highest BCUT2D eigenvalue weighted by atomic mass is 32.1. The van der Waals surface area contributed by atoms with Gasteiger partial charge in [0.15, 0.2) is 0 Å². The molecule has 0 fully saturated rings. The second-order valence-corrected chi connectivity index (χ2v) is 6.76. The van der Waals surface area contributed by atoms with Gasteiger partial charge >= 0.3 is 0 Å². The third kappa shape index (κ3) is 2.77. The number of fused-ring (bicyclic) bond motifs is 1. The molecule has 2 N–H and O–H groups in total. The molecular formula is C16H21N3S. The lowest BCUT2D eigenvalue weighted by Crippen LogP contribution is -2.42. The van der Waals surface area contributed by atoms with Gasteiger partial charge in [-0.3, -0.25) is 0 Å². The van der Waals surface area contributed by atoms with Crippen LogP contribution in [0.25, 0.3) is 0 Å². The van der Waals surface area contributed by atoms with E-state index >= 15 is 0 Å². The van der Waals surface area contributed by atoms with Crippen LogP contribution in [0.5, 0.6) is 0 Å². The number of thiazole rings is 1. The van der Waals surface area contributed by atoms with Crippen molar-refractivity contribution in [2.45, 2.75) is 31.8 Å². The summed E-state index contributed by atoms with van der Waals surface area (Å²) >= 11 is 1.71. The standard InChI is InChI=1S/C16H21N3S/c1-16(2,15-18-7-8-20-15)19-11-13-10-17-9-12-5-3-4-6-14(12)13/h3-8,13,17,19H,9-11H2,1-2H3. The number of aromatic nitrogens is 1. The van der Waals surface area contributed by atoms with Gasteiger partial charge in [-0.15, -0.1) is 11.3 Å². The van der Waals surface area contributed by atoms with Gasteiger partial charge in [0, 0.05) is 37.1 Å². The topological polar surface area (TPSA) is 37.0 Å². The molecule has 4 heteroatoms. The van der Waals surface area contributed by atoms with Crippen molar-refractivity contribution in [1.29, 1.82) is 0 Å². The molecule has 0 amide bonds. The Bertz CT molecular complexity index is 563. The number of rotatable bonds is 4. The quantitative estimate of drug-likeness (QED) is 0.908. The minimum absolute atomic E-state index is 0.0689. The lowest BCUT2D eigenvalue weighted by atomic mass is 9.90. The van der Waals surface area contributed by atoms with Gasteiger partial charge in [-0.25, -0.2) is 4.98 Å². The fourth-order valence-electron chi connectivity index (χ4n) is 2.75. The maximum atomic E-state index is 4.44. The lowest BCUT2D eigenvalue weighted by molar-refractivity contribution is 0.373. The highest BCUT2D eigenvalue weighted by Gasteiger charge is 2.26. The predicted octanol–water partition coefficient (Wildman–Crippen LogP) is 2.85. The van der Waals surface area contributed by atoms with Crippen molar-refractivity contribution in [2.24, 2.45) is 0 Å². The van der Waals surface area contributed by atoms with Crippen LogP contribution in [0.1, 0.15) is 35.9 Å². The molecule has 1 unspecified atom stereocenters. The zero-order valence-electron chi connectivity index (χ0n) is 12.0. The Kier molecular flexibility index (Phi) is 3.87. The minimum atomic E-state index is -0.0689. The normalized spacial score (nSPS) is 18.8. The van der Waals surface area contributed by atoms with Crippen LogP contribution < -0.4 is 10.6 Å². The molecule has 2 heterocycles. The third-order valence-electron chi connectivity index (χ3n) is 3.96. The summed E-state index contributed by atoms with van der Waals surface area (Å²) in [5, 5.41) is 10.4. The second-order valence-electron chi connectivity index (χ2n) is 5.87. The average Bonchev–Trinajstić information content (AvgIpc) is 3.00. The lowest BCUT2D eigenvalue weighted by Gasteiger charge is -2.31. The molecule has 3 rings (SSSR count). The van der Waals surface area contributed by atoms with E-state index in [1.165, 1.54) is 11.1 Å². The molecule has 1 aromatic carbocycles. The minimum Gasteiger partial charge on any atom is -0.312 e. The first-order valence-corrected chi connectivity index (χ1v) is 7.98. The van der Waals surface area contributed by atoms with Crippen molar-refractivity contribution in [3.63, 3.8) is 0 Å². The van der Waals surface area contributed by atoms with Gasteiger partial charge in [0.25, 0.3) is 0 Å². The Hall–Kier alpha value is -1.23. The van der Waals surface area contributed by atoms with E-state index in [0.29, 0.717) is 5.92 Å². The van der Waals surface area contributed by atoms with Crippen molar-refractivity contribution in [1.82, 2.24) is 15.6 Å². The Morgan fingerprint density at radius 3 is 3.05 bits per heavy atom. The van der Waals surface area contributed by atoms with E-state index in [1.54, 1.807) is 11.3 Å². The average molecular weight is 287 g/mol. The molecular weight excluding hydrogens is 266 g/mol. The monoisotopic (exact) mass is 287 g/mol. The van der Waals surface area contributed by atoms with E-state index in [1.807, 2.05) is 11.6 Å². The summed E-state index contributed by atoms with van der Waals surface area (Å²) in [6.07, 6.45) is 1.88. The fraction of sp³-hybridized carbons (Fsp3) is 0.438. The van der Waals surface area contributed by atoms with Crippen LogP contribution in [-0.2, 0) is 12.1 Å². The summed E-state index contributed by atoms with van der Waals surface area (Å²) in [5.41, 5.74) is 2.84. The van der Waals surface area contributed by atoms with Gasteiger partial charge in [0.1, 0.15) is 5.01 Å². The van der Waals surface area contributed by atoms with Crippen molar-refractivity contribution in [2.75, 3.05) is 13.1 Å². The molecule has 20 heavy (non-hydrogen) atoms. The summed E-state index contributed by atoms with van der Waals surface area (Å²) < 4.78 is 0. The molecule has 1 aliphatic heterocycles. The number of hydrogen-bond acceptors (Lipinski definition) is 4. The Balaban J connectivity index is 1.71. The van der Waals surface area contributed by atoms with Crippen LogP contribution in [-0.4, -0.2) is 18.1 Å². The van der Waals surface area contributed by atoms with Crippen LogP contribution in [0.4, 0.5) is 0 Å². The van der Waals surface area contributed by atoms with E-state index < -0.39 is 0 Å². The summed E-state index contributed by atoms with van der Waals surface area (Å²) in [6, 6.07) is 8.75. The smallest absolute Gasteiger partial charge is 0.112 e. The molecule has 1 aromatic heterocycles. The molecule has 106 valence electrons. The van der Waals surface area contributed by atoms with Crippen LogP contribution in [0.15, 0.2) is 35.8 Å². The number of nitrogens with zero attached hydrogens (tertiary/aromatic N) is 1. The van der Waals surface area contributed by atoms with E-state index in [0.717, 1.165) is 24.6 Å². The molecule has 0 bridgehead atoms. The molecule has 0 spiro atoms. The van der Waals surface area contributed by atoms with Gasteiger partial charge in [-0.2, -0.15) is 0 Å². The fourth-order valence-corrected chi connectivity index (χ4v) is 3.49. The van der Waals surface area contributed by atoms with Gasteiger partial charge in [0.2, 0.25) is 0 Å². The predicted molar refractivity (Wildman–Crippen MR) is 84.0 cm³/mol. The summed E-state index contributed by atoms with van der Waals surface area (Å²) in [6.45, 7) is 7.40. The molecule has 1 atom stereocenters. The van der Waals surface area contributed by atoms with Gasteiger partial charge in [-0.05, 0) is 25.0 Å². The van der Waals surface area contributed by atoms with Crippen molar-refractivity contribution < 1.29 is 0 Å². The Morgan fingerprint density at radius 1 is 1.40 bits per heavy atom. The molecule has 0 aliphatic carbocycles. The zero-order chi connectivity index (χ0) is 14.0. The third-order valence-corrected chi connectivity index (χ3v) is 5.06. The first-order chi connectivity index (χ1) is 9.67. The summed E-state index contributed by atoms with van der Waals surface area (Å²) in [4.78, 5) is 4.44. The van der Waals surface area contributed by atoms with Gasteiger partial charge in [-0.1, -0.05) is 24.3 Å². The molecule has 1 aliphatic rings. The van der Waals surface area contributed by atoms with Gasteiger partial charge in [0.05, 0.1) is 5.54 Å². The van der Waals surface area contributed by atoms with Gasteiger partial charge < -0.3 is 10.6 Å².